The van der Waals surface area contributed by atoms with Gasteiger partial charge in [0.15, 0.2) is 5.79 Å². The molecule has 3 saturated carbocycles. The van der Waals surface area contributed by atoms with E-state index >= 15 is 0 Å². The van der Waals surface area contributed by atoms with Gasteiger partial charge >= 0.3 is 6.16 Å². The van der Waals surface area contributed by atoms with Crippen molar-refractivity contribution in [2.75, 3.05) is 6.61 Å². The average molecular weight is 556 g/mol. The molecule has 40 heavy (non-hydrogen) atoms. The largest absolute Gasteiger partial charge is 0.534 e. The maximum atomic E-state index is 12.4. The molecule has 0 bridgehead atoms. The van der Waals surface area contributed by atoms with Gasteiger partial charge in [0.2, 0.25) is 11.8 Å². The summed E-state index contributed by atoms with van der Waals surface area (Å²) in [4.78, 5) is 17.5. The highest BCUT2D eigenvalue weighted by molar-refractivity contribution is 5.61. The Hall–Kier alpha value is -2.19. The quantitative estimate of drug-likeness (QED) is 0.331. The van der Waals surface area contributed by atoms with Crippen LogP contribution >= 0.6 is 0 Å². The van der Waals surface area contributed by atoms with Crippen LogP contribution in [0.4, 0.5) is 4.79 Å². The van der Waals surface area contributed by atoms with Gasteiger partial charge in [0, 0.05) is 30.9 Å². The minimum atomic E-state index is -0.918. The van der Waals surface area contributed by atoms with Crippen molar-refractivity contribution in [3.05, 3.63) is 23.8 Å². The lowest BCUT2D eigenvalue weighted by atomic mass is 9.47. The molecule has 220 valence electrons. The van der Waals surface area contributed by atoms with E-state index in [0.717, 1.165) is 38.7 Å². The summed E-state index contributed by atoms with van der Waals surface area (Å²) in [5.74, 6) is 2.52. The molecule has 8 heteroatoms. The van der Waals surface area contributed by atoms with Gasteiger partial charge in [-0.15, -0.1) is 4.73 Å². The Morgan fingerprint density at radius 3 is 2.55 bits per heavy atom. The third kappa shape index (κ3) is 3.80. The van der Waals surface area contributed by atoms with Gasteiger partial charge in [-0.3, -0.25) is 4.84 Å². The molecular weight excluding hydrogens is 510 g/mol. The molecule has 0 amide bonds. The first kappa shape index (κ1) is 26.7. The summed E-state index contributed by atoms with van der Waals surface area (Å²) >= 11 is 0. The van der Waals surface area contributed by atoms with Crippen molar-refractivity contribution < 1.29 is 34.1 Å². The molecule has 5 fully saturated rings. The van der Waals surface area contributed by atoms with Crippen LogP contribution in [-0.2, 0) is 14.2 Å². The number of carbonyl (C=O) groups excluding carboxylic acids is 1. The molecule has 2 aliphatic heterocycles. The predicted molar refractivity (Wildman–Crippen MR) is 146 cm³/mol. The van der Waals surface area contributed by atoms with E-state index in [-0.39, 0.29) is 29.1 Å². The van der Waals surface area contributed by atoms with E-state index in [1.54, 1.807) is 0 Å². The summed E-state index contributed by atoms with van der Waals surface area (Å²) in [6, 6.07) is 2.50. The molecular formula is C32H45NO7. The second kappa shape index (κ2) is 9.15. The monoisotopic (exact) mass is 555 g/mol. The number of carbonyl (C=O) groups is 1. The lowest BCUT2D eigenvalue weighted by Crippen LogP contribution is -2.52. The second-order valence-corrected chi connectivity index (χ2v) is 14.4. The van der Waals surface area contributed by atoms with E-state index in [4.69, 9.17) is 19.0 Å². The fraction of sp³-hybridized carbons (Fsp3) is 0.781. The standard InChI is InChI=1S/C32H45NO7/c1-18-9-14-32(37-17-18)19(2)28-25(39-32)16-24-22-6-5-20-15-21(38-29(36)40-33-26(34)7-8-27(33)35)10-12-30(20,3)23(22)11-13-31(24,28)4/h5,7-8,18-19,21-25,28,34-35H,6,9-17H2,1-4H3/t18-,19+,21+,22-,23+,24+,25+,28+,30+,31+,32-/m1/s1. The zero-order valence-electron chi connectivity index (χ0n) is 24.3. The van der Waals surface area contributed by atoms with Gasteiger partial charge in [0.1, 0.15) is 6.10 Å². The summed E-state index contributed by atoms with van der Waals surface area (Å²) in [7, 11) is 0. The van der Waals surface area contributed by atoms with Gasteiger partial charge in [-0.1, -0.05) is 39.3 Å². The van der Waals surface area contributed by atoms with Crippen LogP contribution in [0.15, 0.2) is 23.8 Å². The third-order valence-corrected chi connectivity index (χ3v) is 12.6. The summed E-state index contributed by atoms with van der Waals surface area (Å²) in [5, 5.41) is 19.5. The van der Waals surface area contributed by atoms with Crippen molar-refractivity contribution >= 4 is 6.16 Å². The summed E-state index contributed by atoms with van der Waals surface area (Å²) < 4.78 is 19.7. The lowest BCUT2D eigenvalue weighted by molar-refractivity contribution is -0.272. The number of fused-ring (bicyclic) bond motifs is 7. The van der Waals surface area contributed by atoms with Crippen LogP contribution in [0.3, 0.4) is 0 Å². The highest BCUT2D eigenvalue weighted by Crippen LogP contribution is 2.70. The minimum Gasteiger partial charge on any atom is -0.492 e. The minimum absolute atomic E-state index is 0.124. The first-order valence-electron chi connectivity index (χ1n) is 15.5. The Morgan fingerprint density at radius 2 is 1.82 bits per heavy atom. The average Bonchev–Trinajstić information content (AvgIpc) is 3.50. The van der Waals surface area contributed by atoms with Gasteiger partial charge in [-0.2, -0.15) is 0 Å². The van der Waals surface area contributed by atoms with E-state index < -0.39 is 6.16 Å². The number of allylic oxidation sites excluding steroid dienone is 1. The lowest BCUT2D eigenvalue weighted by Gasteiger charge is -2.58. The van der Waals surface area contributed by atoms with E-state index in [9.17, 15) is 15.0 Å². The second-order valence-electron chi connectivity index (χ2n) is 14.4. The van der Waals surface area contributed by atoms with Crippen molar-refractivity contribution in [2.24, 2.45) is 46.3 Å². The van der Waals surface area contributed by atoms with Gasteiger partial charge in [-0.05, 0) is 85.4 Å². The van der Waals surface area contributed by atoms with Crippen LogP contribution < -0.4 is 4.84 Å². The van der Waals surface area contributed by atoms with Crippen LogP contribution in [0.5, 0.6) is 11.8 Å². The number of ether oxygens (including phenoxy) is 3. The summed E-state index contributed by atoms with van der Waals surface area (Å²) in [6.07, 6.45) is 11.0. The Bertz CT molecular complexity index is 1180. The van der Waals surface area contributed by atoms with Crippen molar-refractivity contribution in [1.29, 1.82) is 0 Å². The molecule has 2 saturated heterocycles. The maximum Gasteiger partial charge on any atom is 0.534 e. The van der Waals surface area contributed by atoms with Crippen LogP contribution in [0.1, 0.15) is 85.5 Å². The molecule has 11 atom stereocenters. The van der Waals surface area contributed by atoms with Crippen LogP contribution in [0.2, 0.25) is 0 Å². The molecule has 0 radical (unpaired) electrons. The van der Waals surface area contributed by atoms with E-state index in [1.807, 2.05) is 0 Å². The highest BCUT2D eigenvalue weighted by Gasteiger charge is 2.68. The predicted octanol–water partition coefficient (Wildman–Crippen LogP) is 6.20. The smallest absolute Gasteiger partial charge is 0.492 e. The number of hydrogen-bond acceptors (Lipinski definition) is 7. The molecule has 0 aromatic carbocycles. The highest BCUT2D eigenvalue weighted by atomic mass is 16.8. The molecule has 7 rings (SSSR count). The third-order valence-electron chi connectivity index (χ3n) is 12.6. The van der Waals surface area contributed by atoms with E-state index in [2.05, 4.69) is 33.8 Å². The topological polar surface area (TPSA) is 99.4 Å². The van der Waals surface area contributed by atoms with E-state index in [0.29, 0.717) is 58.2 Å². The fourth-order valence-corrected chi connectivity index (χ4v) is 10.5. The Morgan fingerprint density at radius 1 is 1.05 bits per heavy atom. The van der Waals surface area contributed by atoms with Crippen molar-refractivity contribution in [1.82, 2.24) is 4.73 Å². The number of aromatic nitrogens is 1. The van der Waals surface area contributed by atoms with Gasteiger partial charge in [0.05, 0.1) is 12.7 Å². The SMILES string of the molecule is C[C@@H]1CC[C@@]2(OC1)O[C@H]1C[C@H]3[C@@H]4CC=C5C[C@@H](OC(=O)On6c(O)ccc6O)CC[C@]5(C)[C@H]4CC[C@]3(C)[C@H]1[C@@H]2C. The van der Waals surface area contributed by atoms with Gasteiger partial charge < -0.3 is 24.4 Å². The molecule has 1 spiro atoms. The van der Waals surface area contributed by atoms with Crippen LogP contribution in [0.25, 0.3) is 0 Å². The molecule has 1 aromatic heterocycles. The summed E-state index contributed by atoms with van der Waals surface area (Å²) in [6.45, 7) is 10.5. The molecule has 8 nitrogen and oxygen atoms in total. The number of nitrogens with zero attached hydrogens (tertiary/aromatic N) is 1. The molecule has 4 aliphatic carbocycles. The van der Waals surface area contributed by atoms with Crippen molar-refractivity contribution in [3.8, 4) is 11.8 Å². The van der Waals surface area contributed by atoms with Gasteiger partial charge in [-0.25, -0.2) is 4.79 Å². The maximum absolute atomic E-state index is 12.4. The molecule has 2 N–H and O–H groups in total. The Labute approximate surface area is 237 Å². The Kier molecular flexibility index (Phi) is 6.11. The molecule has 1 aromatic rings. The first-order valence-corrected chi connectivity index (χ1v) is 15.5. The molecule has 3 heterocycles. The number of aromatic hydroxyl groups is 2. The van der Waals surface area contributed by atoms with E-state index in [1.165, 1.54) is 37.0 Å². The van der Waals surface area contributed by atoms with Crippen molar-refractivity contribution in [2.45, 2.75) is 103 Å². The number of hydrogen-bond donors (Lipinski definition) is 2. The van der Waals surface area contributed by atoms with Crippen LogP contribution in [-0.4, -0.2) is 45.7 Å². The molecule has 0 unspecified atom stereocenters. The zero-order valence-corrected chi connectivity index (χ0v) is 24.3. The first-order chi connectivity index (χ1) is 19.0. The van der Waals surface area contributed by atoms with Crippen LogP contribution in [0, 0.1) is 46.3 Å². The fourth-order valence-electron chi connectivity index (χ4n) is 10.5. The summed E-state index contributed by atoms with van der Waals surface area (Å²) in [5.41, 5.74) is 1.83. The Balaban J connectivity index is 1.05. The van der Waals surface area contributed by atoms with Gasteiger partial charge in [0.25, 0.3) is 0 Å². The van der Waals surface area contributed by atoms with Crippen molar-refractivity contribution in [3.63, 3.8) is 0 Å². The number of rotatable bonds is 2. The zero-order chi connectivity index (χ0) is 28.0. The normalized spacial score (nSPS) is 47.5. The molecule has 6 aliphatic rings.